The molecule has 4 rings (SSSR count). The van der Waals surface area contributed by atoms with E-state index in [9.17, 15) is 41.0 Å². The predicted octanol–water partition coefficient (Wildman–Crippen LogP) is 4.72. The van der Waals surface area contributed by atoms with Gasteiger partial charge < -0.3 is 20.1 Å². The highest BCUT2D eigenvalue weighted by atomic mass is 19.4. The minimum atomic E-state index is -6.00. The smallest absolute Gasteiger partial charge is 0.430 e. The summed E-state index contributed by atoms with van der Waals surface area (Å²) in [4.78, 5) is 34.9. The second-order valence-corrected chi connectivity index (χ2v) is 11.7. The number of carbonyl (C=O) groups excluding carboxylic acids is 2. The van der Waals surface area contributed by atoms with Crippen LogP contribution in [0.25, 0.3) is 0 Å². The van der Waals surface area contributed by atoms with Gasteiger partial charge in [-0.05, 0) is 56.5 Å². The number of ether oxygens (including phenoxy) is 1. The van der Waals surface area contributed by atoms with Crippen LogP contribution in [-0.4, -0.2) is 89.6 Å². The molecule has 2 aromatic rings. The largest absolute Gasteiger partial charge is 0.491 e. The Balaban J connectivity index is 1.39. The third-order valence-electron chi connectivity index (χ3n) is 8.12. The number of imide groups is 1. The number of alkyl halides is 6. The molecule has 0 radical (unpaired) electrons. The summed E-state index contributed by atoms with van der Waals surface area (Å²) in [7, 11) is 0. The monoisotopic (exact) mass is 645 g/mol. The molecule has 1 aromatic heterocycles. The molecule has 2 fully saturated rings. The van der Waals surface area contributed by atoms with Gasteiger partial charge in [-0.3, -0.25) is 14.6 Å². The number of pyridine rings is 1. The number of carbonyl (C=O) groups is 2. The lowest BCUT2D eigenvalue weighted by Crippen LogP contribution is -2.54. The molecule has 0 aliphatic carbocycles. The molecule has 248 valence electrons. The fourth-order valence-electron chi connectivity index (χ4n) is 5.60. The summed E-state index contributed by atoms with van der Waals surface area (Å²) in [5.74, 6) is 0.444. The number of hydrogen-bond donors (Lipinski definition) is 2. The molecule has 1 atom stereocenters. The van der Waals surface area contributed by atoms with Gasteiger partial charge in [0, 0.05) is 51.0 Å². The van der Waals surface area contributed by atoms with Crippen LogP contribution in [0.3, 0.4) is 0 Å². The number of nitrogens with zero attached hydrogens (tertiary/aromatic N) is 4. The summed E-state index contributed by atoms with van der Waals surface area (Å²) in [6, 6.07) is 7.60. The third-order valence-corrected chi connectivity index (χ3v) is 8.12. The van der Waals surface area contributed by atoms with Gasteiger partial charge in [0.2, 0.25) is 0 Å². The average molecular weight is 646 g/mol. The van der Waals surface area contributed by atoms with E-state index in [1.807, 2.05) is 18.7 Å². The molecule has 1 aromatic carbocycles. The van der Waals surface area contributed by atoms with Crippen molar-refractivity contribution in [1.29, 1.82) is 0 Å². The number of piperazine rings is 1. The molecule has 3 amide bonds. The molecule has 0 spiro atoms. The van der Waals surface area contributed by atoms with E-state index in [1.165, 1.54) is 6.07 Å². The van der Waals surface area contributed by atoms with Crippen molar-refractivity contribution >= 4 is 17.8 Å². The molecule has 1 unspecified atom stereocenters. The van der Waals surface area contributed by atoms with Crippen LogP contribution in [0.2, 0.25) is 0 Å². The number of hydrogen-bond acceptors (Lipinski definition) is 7. The maximum absolute atomic E-state index is 13.6. The number of amides is 3. The van der Waals surface area contributed by atoms with Crippen molar-refractivity contribution in [2.24, 2.45) is 0 Å². The van der Waals surface area contributed by atoms with Crippen LogP contribution in [0, 0.1) is 0 Å². The topological polar surface area (TPSA) is 98.2 Å². The first-order valence-electron chi connectivity index (χ1n) is 14.7. The van der Waals surface area contributed by atoms with Crippen LogP contribution in [0.5, 0.6) is 5.75 Å². The summed E-state index contributed by atoms with van der Waals surface area (Å²) in [6.07, 6.45) is -11.4. The van der Waals surface area contributed by atoms with Gasteiger partial charge in [0.25, 0.3) is 11.5 Å². The van der Waals surface area contributed by atoms with Crippen molar-refractivity contribution in [1.82, 2.24) is 20.1 Å². The number of nitrogens with one attached hydrogen (secondary N) is 1. The van der Waals surface area contributed by atoms with Crippen molar-refractivity contribution in [3.8, 4) is 5.75 Å². The number of halogens is 6. The molecule has 2 N–H and O–H groups in total. The van der Waals surface area contributed by atoms with Gasteiger partial charge >= 0.3 is 18.4 Å². The molecule has 15 heteroatoms. The maximum Gasteiger partial charge on any atom is 0.430 e. The van der Waals surface area contributed by atoms with Gasteiger partial charge in [0.05, 0.1) is 6.10 Å². The normalized spacial score (nSPS) is 20.3. The molecular formula is C30H37F6N5O4. The Kier molecular flexibility index (Phi) is 9.65. The summed E-state index contributed by atoms with van der Waals surface area (Å²) < 4.78 is 87.0. The molecular weight excluding hydrogens is 608 g/mol. The Morgan fingerprint density at radius 3 is 2.13 bits per heavy atom. The highest BCUT2D eigenvalue weighted by Crippen LogP contribution is 2.51. The van der Waals surface area contributed by atoms with E-state index in [-0.39, 0.29) is 36.9 Å². The molecule has 9 nitrogen and oxygen atoms in total. The number of aromatic nitrogens is 1. The number of urea groups is 1. The number of anilines is 1. The Labute approximate surface area is 257 Å². The number of benzene rings is 1. The van der Waals surface area contributed by atoms with Gasteiger partial charge in [-0.15, -0.1) is 0 Å². The quantitative estimate of drug-likeness (QED) is 0.285. The van der Waals surface area contributed by atoms with Gasteiger partial charge in [-0.25, -0.2) is 9.78 Å². The summed E-state index contributed by atoms with van der Waals surface area (Å²) in [5.41, 5.74) is -7.30. The molecule has 0 bridgehead atoms. The third kappa shape index (κ3) is 6.69. The summed E-state index contributed by atoms with van der Waals surface area (Å²) in [6.45, 7) is 9.11. The predicted molar refractivity (Wildman–Crippen MR) is 153 cm³/mol. The number of rotatable bonds is 10. The second kappa shape index (κ2) is 12.7. The van der Waals surface area contributed by atoms with Gasteiger partial charge in [0.15, 0.2) is 0 Å². The van der Waals surface area contributed by atoms with E-state index < -0.39 is 41.0 Å². The first kappa shape index (κ1) is 34.3. The van der Waals surface area contributed by atoms with E-state index >= 15 is 0 Å². The zero-order valence-corrected chi connectivity index (χ0v) is 25.4. The van der Waals surface area contributed by atoms with Crippen LogP contribution in [0.15, 0.2) is 36.5 Å². The summed E-state index contributed by atoms with van der Waals surface area (Å²) >= 11 is 0. The van der Waals surface area contributed by atoms with E-state index in [4.69, 9.17) is 4.74 Å². The zero-order chi connectivity index (χ0) is 33.4. The van der Waals surface area contributed by atoms with Crippen molar-refractivity contribution in [3.05, 3.63) is 53.2 Å². The standard InChI is InChI=1S/C30H37F6N5O4/c1-5-6-20-17-24(37-18-23(20)28(44,29(31,32)33)30(34,35)36)40-14-11-39(12-15-40)13-16-41-25(42)27(4,38-26(41)43)21-7-9-22(10-8-21)45-19(2)3/h7-10,17-19,44H,5-6,11-16H2,1-4H3,(H,38,43). The minimum Gasteiger partial charge on any atom is -0.491 e. The molecule has 2 saturated heterocycles. The van der Waals surface area contributed by atoms with Crippen LogP contribution < -0.4 is 15.0 Å². The van der Waals surface area contributed by atoms with Crippen molar-refractivity contribution < 1.29 is 45.8 Å². The van der Waals surface area contributed by atoms with Crippen molar-refractivity contribution in [2.45, 2.75) is 70.1 Å². The molecule has 2 aliphatic rings. The van der Waals surface area contributed by atoms with Gasteiger partial charge in [-0.2, -0.15) is 26.3 Å². The first-order valence-corrected chi connectivity index (χ1v) is 14.7. The Hall–Kier alpha value is -3.59. The van der Waals surface area contributed by atoms with E-state index in [2.05, 4.69) is 10.3 Å². The van der Waals surface area contributed by atoms with Crippen LogP contribution >= 0.6 is 0 Å². The number of aryl methyl sites for hydroxylation is 1. The Morgan fingerprint density at radius 1 is 1.00 bits per heavy atom. The molecule has 2 aliphatic heterocycles. The second-order valence-electron chi connectivity index (χ2n) is 11.7. The lowest BCUT2D eigenvalue weighted by Gasteiger charge is -2.37. The highest BCUT2D eigenvalue weighted by Gasteiger charge is 2.72. The van der Waals surface area contributed by atoms with Crippen molar-refractivity contribution in [2.75, 3.05) is 44.2 Å². The number of aliphatic hydroxyl groups is 1. The maximum atomic E-state index is 13.6. The fraction of sp³-hybridized carbons (Fsp3) is 0.567. The van der Waals surface area contributed by atoms with E-state index in [0.29, 0.717) is 50.2 Å². The Bertz CT molecular complexity index is 1360. The highest BCUT2D eigenvalue weighted by molar-refractivity contribution is 6.07. The average Bonchev–Trinajstić information content (AvgIpc) is 3.18. The SMILES string of the molecule is CCCc1cc(N2CCN(CCN3C(=O)NC(C)(c4ccc(OC(C)C)cc4)C3=O)CC2)ncc1C(O)(C(F)(F)F)C(F)(F)F. The molecule has 3 heterocycles. The fourth-order valence-corrected chi connectivity index (χ4v) is 5.60. The summed E-state index contributed by atoms with van der Waals surface area (Å²) in [5, 5.41) is 12.7. The molecule has 45 heavy (non-hydrogen) atoms. The van der Waals surface area contributed by atoms with E-state index in [1.54, 1.807) is 43.0 Å². The lowest BCUT2D eigenvalue weighted by atomic mass is 9.88. The lowest BCUT2D eigenvalue weighted by molar-refractivity contribution is -0.376. The van der Waals surface area contributed by atoms with Gasteiger partial charge in [0.1, 0.15) is 17.1 Å². The molecule has 0 saturated carbocycles. The van der Waals surface area contributed by atoms with Crippen LogP contribution in [-0.2, 0) is 22.4 Å². The zero-order valence-electron chi connectivity index (χ0n) is 25.4. The van der Waals surface area contributed by atoms with Crippen molar-refractivity contribution in [3.63, 3.8) is 0 Å². The minimum absolute atomic E-state index is 0.0185. The van der Waals surface area contributed by atoms with Gasteiger partial charge in [-0.1, -0.05) is 25.5 Å². The van der Waals surface area contributed by atoms with Crippen LogP contribution in [0.4, 0.5) is 37.0 Å². The first-order chi connectivity index (χ1) is 20.9. The van der Waals surface area contributed by atoms with Crippen LogP contribution in [0.1, 0.15) is 50.8 Å². The van der Waals surface area contributed by atoms with E-state index in [0.717, 1.165) is 4.90 Å². The Morgan fingerprint density at radius 2 is 1.60 bits per heavy atom.